The van der Waals surface area contributed by atoms with Gasteiger partial charge < -0.3 is 15.5 Å². The molecule has 29 heavy (non-hydrogen) atoms. The van der Waals surface area contributed by atoms with Crippen LogP contribution in [0.2, 0.25) is 0 Å². The molecule has 0 bridgehead atoms. The van der Waals surface area contributed by atoms with E-state index in [0.717, 1.165) is 19.6 Å². The molecule has 5 heteroatoms. The summed E-state index contributed by atoms with van der Waals surface area (Å²) in [6.45, 7) is 9.60. The van der Waals surface area contributed by atoms with Gasteiger partial charge in [0.2, 0.25) is 0 Å². The van der Waals surface area contributed by atoms with Gasteiger partial charge in [-0.1, -0.05) is 44.2 Å². The third kappa shape index (κ3) is 5.91. The first kappa shape index (κ1) is 21.1. The number of nitrogens with one attached hydrogen (secondary N) is 2. The Morgan fingerprint density at radius 2 is 1.59 bits per heavy atom. The van der Waals surface area contributed by atoms with Crippen molar-refractivity contribution >= 4 is 17.5 Å². The topological polar surface area (TPSA) is 61.4 Å². The Kier molecular flexibility index (Phi) is 7.04. The molecular formula is C24H31N3O2. The number of para-hydroxylation sites is 1. The van der Waals surface area contributed by atoms with Crippen molar-refractivity contribution in [1.29, 1.82) is 0 Å². The third-order valence-corrected chi connectivity index (χ3v) is 5.31. The maximum absolute atomic E-state index is 12.9. The molecule has 3 atom stereocenters. The quantitative estimate of drug-likeness (QED) is 0.779. The van der Waals surface area contributed by atoms with Gasteiger partial charge in [0, 0.05) is 31.2 Å². The van der Waals surface area contributed by atoms with Gasteiger partial charge in [0.1, 0.15) is 0 Å². The lowest BCUT2D eigenvalue weighted by Gasteiger charge is -2.36. The maximum Gasteiger partial charge on any atom is 0.255 e. The molecule has 0 spiro atoms. The molecule has 3 rings (SSSR count). The normalized spacial score (nSPS) is 20.7. The fourth-order valence-electron chi connectivity index (χ4n) is 4.25. The van der Waals surface area contributed by atoms with Gasteiger partial charge in [0.25, 0.3) is 11.8 Å². The Hall–Kier alpha value is -2.66. The van der Waals surface area contributed by atoms with Crippen LogP contribution >= 0.6 is 0 Å². The van der Waals surface area contributed by atoms with Crippen LogP contribution in [0.1, 0.15) is 47.9 Å². The van der Waals surface area contributed by atoms with Crippen LogP contribution < -0.4 is 10.6 Å². The molecule has 2 amide bonds. The van der Waals surface area contributed by atoms with Gasteiger partial charge in [-0.2, -0.15) is 0 Å². The summed E-state index contributed by atoms with van der Waals surface area (Å²) in [5.41, 5.74) is 1.56. The van der Waals surface area contributed by atoms with Crippen LogP contribution in [-0.4, -0.2) is 42.4 Å². The van der Waals surface area contributed by atoms with Crippen LogP contribution in [0, 0.1) is 11.8 Å². The van der Waals surface area contributed by atoms with Crippen LogP contribution in [-0.2, 0) is 0 Å². The molecular weight excluding hydrogens is 362 g/mol. The minimum absolute atomic E-state index is 0.0258. The standard InChI is InChI=1S/C24H31N3O2/c1-17-13-18(2)15-27(14-17)16-19(3)25-24(29)21-11-7-8-12-22(21)26-23(28)20-9-5-4-6-10-20/h4-12,17-19H,13-16H2,1-3H3,(H,25,29)(H,26,28). The summed E-state index contributed by atoms with van der Waals surface area (Å²) in [6, 6.07) is 16.2. The highest BCUT2D eigenvalue weighted by Gasteiger charge is 2.24. The summed E-state index contributed by atoms with van der Waals surface area (Å²) < 4.78 is 0. The number of amides is 2. The number of likely N-dealkylation sites (tertiary alicyclic amines) is 1. The average Bonchev–Trinajstić information content (AvgIpc) is 2.68. The molecule has 0 radical (unpaired) electrons. The van der Waals surface area contributed by atoms with Crippen molar-refractivity contribution < 1.29 is 9.59 Å². The van der Waals surface area contributed by atoms with E-state index in [1.54, 1.807) is 24.3 Å². The molecule has 0 aliphatic carbocycles. The molecule has 2 N–H and O–H groups in total. The summed E-state index contributed by atoms with van der Waals surface area (Å²) in [5, 5.41) is 5.96. The molecule has 1 heterocycles. The zero-order valence-electron chi connectivity index (χ0n) is 17.5. The summed E-state index contributed by atoms with van der Waals surface area (Å²) in [4.78, 5) is 27.8. The van der Waals surface area contributed by atoms with E-state index < -0.39 is 0 Å². The van der Waals surface area contributed by atoms with Gasteiger partial charge in [0.05, 0.1) is 11.3 Å². The smallest absolute Gasteiger partial charge is 0.255 e. The van der Waals surface area contributed by atoms with Crippen molar-refractivity contribution in [3.05, 3.63) is 65.7 Å². The van der Waals surface area contributed by atoms with E-state index in [9.17, 15) is 9.59 Å². The second kappa shape index (κ2) is 9.70. The molecule has 2 aromatic rings. The van der Waals surface area contributed by atoms with Gasteiger partial charge in [-0.05, 0) is 49.4 Å². The number of carbonyl (C=O) groups is 2. The molecule has 1 aliphatic rings. The van der Waals surface area contributed by atoms with Crippen molar-refractivity contribution in [2.75, 3.05) is 25.0 Å². The molecule has 154 valence electrons. The lowest BCUT2D eigenvalue weighted by molar-refractivity contribution is 0.0905. The Morgan fingerprint density at radius 1 is 0.966 bits per heavy atom. The zero-order valence-corrected chi connectivity index (χ0v) is 17.5. The Labute approximate surface area is 173 Å². The molecule has 0 aromatic heterocycles. The van der Waals surface area contributed by atoms with Gasteiger partial charge in [-0.3, -0.25) is 9.59 Å². The summed E-state index contributed by atoms with van der Waals surface area (Å²) in [7, 11) is 0. The molecule has 0 saturated carbocycles. The Bertz CT molecular complexity index is 827. The number of piperidine rings is 1. The first-order chi connectivity index (χ1) is 13.9. The molecule has 3 unspecified atom stereocenters. The zero-order chi connectivity index (χ0) is 20.8. The summed E-state index contributed by atoms with van der Waals surface area (Å²) >= 11 is 0. The van der Waals surface area contributed by atoms with Crippen LogP contribution in [0.15, 0.2) is 54.6 Å². The minimum atomic E-state index is -0.227. The van der Waals surface area contributed by atoms with Crippen molar-refractivity contribution in [1.82, 2.24) is 10.2 Å². The number of benzene rings is 2. The monoisotopic (exact) mass is 393 g/mol. The summed E-state index contributed by atoms with van der Waals surface area (Å²) in [5.74, 6) is 0.987. The van der Waals surface area contributed by atoms with E-state index in [-0.39, 0.29) is 17.9 Å². The van der Waals surface area contributed by atoms with Crippen molar-refractivity contribution in [2.45, 2.75) is 33.2 Å². The highest BCUT2D eigenvalue weighted by molar-refractivity contribution is 6.09. The Balaban J connectivity index is 1.63. The highest BCUT2D eigenvalue weighted by Crippen LogP contribution is 2.21. The largest absolute Gasteiger partial charge is 0.348 e. The van der Waals surface area contributed by atoms with E-state index in [2.05, 4.69) is 29.4 Å². The van der Waals surface area contributed by atoms with E-state index >= 15 is 0 Å². The highest BCUT2D eigenvalue weighted by atomic mass is 16.2. The molecule has 5 nitrogen and oxygen atoms in total. The predicted octanol–water partition coefficient (Wildman–Crippen LogP) is 4.04. The van der Waals surface area contributed by atoms with Gasteiger partial charge >= 0.3 is 0 Å². The fraction of sp³-hybridized carbons (Fsp3) is 0.417. The number of hydrogen-bond acceptors (Lipinski definition) is 3. The van der Waals surface area contributed by atoms with Gasteiger partial charge in [-0.15, -0.1) is 0 Å². The van der Waals surface area contributed by atoms with Crippen molar-refractivity contribution in [2.24, 2.45) is 11.8 Å². The van der Waals surface area contributed by atoms with Crippen molar-refractivity contribution in [3.8, 4) is 0 Å². The maximum atomic E-state index is 12.9. The average molecular weight is 394 g/mol. The summed E-state index contributed by atoms with van der Waals surface area (Å²) in [6.07, 6.45) is 1.27. The fourth-order valence-corrected chi connectivity index (χ4v) is 4.25. The van der Waals surface area contributed by atoms with Crippen LogP contribution in [0.5, 0.6) is 0 Å². The second-order valence-corrected chi connectivity index (χ2v) is 8.40. The molecule has 1 aliphatic heterocycles. The third-order valence-electron chi connectivity index (χ3n) is 5.31. The molecule has 2 aromatic carbocycles. The lowest BCUT2D eigenvalue weighted by Crippen LogP contribution is -2.47. The second-order valence-electron chi connectivity index (χ2n) is 8.40. The van der Waals surface area contributed by atoms with E-state index in [4.69, 9.17) is 0 Å². The van der Waals surface area contributed by atoms with E-state index in [0.29, 0.717) is 28.7 Å². The molecule has 1 saturated heterocycles. The minimum Gasteiger partial charge on any atom is -0.348 e. The van der Waals surface area contributed by atoms with Crippen LogP contribution in [0.25, 0.3) is 0 Å². The lowest BCUT2D eigenvalue weighted by atomic mass is 9.92. The number of rotatable bonds is 6. The predicted molar refractivity (Wildman–Crippen MR) is 117 cm³/mol. The molecule has 1 fully saturated rings. The van der Waals surface area contributed by atoms with E-state index in [1.807, 2.05) is 37.3 Å². The SMILES string of the molecule is CC1CC(C)CN(CC(C)NC(=O)c2ccccc2NC(=O)c2ccccc2)C1. The van der Waals surface area contributed by atoms with E-state index in [1.165, 1.54) is 6.42 Å². The van der Waals surface area contributed by atoms with Crippen LogP contribution in [0.3, 0.4) is 0 Å². The number of hydrogen-bond donors (Lipinski definition) is 2. The van der Waals surface area contributed by atoms with Gasteiger partial charge in [-0.25, -0.2) is 0 Å². The van der Waals surface area contributed by atoms with Crippen LogP contribution in [0.4, 0.5) is 5.69 Å². The number of carbonyl (C=O) groups excluding carboxylic acids is 2. The van der Waals surface area contributed by atoms with Gasteiger partial charge in [0.15, 0.2) is 0 Å². The first-order valence-electron chi connectivity index (χ1n) is 10.4. The number of anilines is 1. The first-order valence-corrected chi connectivity index (χ1v) is 10.4. The Morgan fingerprint density at radius 3 is 2.28 bits per heavy atom. The number of nitrogens with zero attached hydrogens (tertiary/aromatic N) is 1. The van der Waals surface area contributed by atoms with Crippen molar-refractivity contribution in [3.63, 3.8) is 0 Å².